The molecule has 0 fully saturated rings. The summed E-state index contributed by atoms with van der Waals surface area (Å²) in [6, 6.07) is 5.96. The molecule has 0 saturated heterocycles. The van der Waals surface area contributed by atoms with Crippen molar-refractivity contribution in [1.82, 2.24) is 10.3 Å². The van der Waals surface area contributed by atoms with Crippen LogP contribution in [0.2, 0.25) is 0 Å². The highest BCUT2D eigenvalue weighted by Gasteiger charge is 2.03. The van der Waals surface area contributed by atoms with E-state index in [0.717, 1.165) is 23.9 Å². The van der Waals surface area contributed by atoms with Gasteiger partial charge in [-0.2, -0.15) is 0 Å². The first-order chi connectivity index (χ1) is 5.92. The monoisotopic (exact) mass is 162 g/mol. The van der Waals surface area contributed by atoms with Crippen LogP contribution in [0, 0.1) is 0 Å². The zero-order valence-electron chi connectivity index (χ0n) is 6.95. The third kappa shape index (κ3) is 1.07. The van der Waals surface area contributed by atoms with Crippen LogP contribution in [0.1, 0.15) is 18.9 Å². The van der Waals surface area contributed by atoms with E-state index in [4.69, 9.17) is 0 Å². The molecule has 0 aliphatic rings. The normalized spacial score (nSPS) is 10.8. The fourth-order valence-electron chi connectivity index (χ4n) is 1.33. The molecule has 2 aromatic rings. The number of fused-ring (bicyclic) bond motifs is 1. The van der Waals surface area contributed by atoms with E-state index in [2.05, 4.69) is 27.9 Å². The summed E-state index contributed by atoms with van der Waals surface area (Å²) in [5.41, 5.74) is 2.97. The molecule has 1 aromatic carbocycles. The zero-order valence-corrected chi connectivity index (χ0v) is 6.95. The predicted octanol–water partition coefficient (Wildman–Crippen LogP) is 2.18. The van der Waals surface area contributed by atoms with Crippen LogP contribution >= 0.6 is 0 Å². The second-order valence-electron chi connectivity index (χ2n) is 2.80. The van der Waals surface area contributed by atoms with Crippen molar-refractivity contribution < 1.29 is 4.63 Å². The molecule has 3 heteroatoms. The Morgan fingerprint density at radius 2 is 2.25 bits per heavy atom. The predicted molar refractivity (Wildman–Crippen MR) is 45.8 cm³/mol. The highest BCUT2D eigenvalue weighted by atomic mass is 16.6. The number of nitrogens with zero attached hydrogens (tertiary/aromatic N) is 2. The van der Waals surface area contributed by atoms with Crippen LogP contribution in [0.15, 0.2) is 22.8 Å². The summed E-state index contributed by atoms with van der Waals surface area (Å²) in [5, 5.41) is 7.63. The van der Waals surface area contributed by atoms with Gasteiger partial charge in [0.05, 0.1) is 0 Å². The van der Waals surface area contributed by atoms with Crippen molar-refractivity contribution in [3.8, 4) is 0 Å². The maximum atomic E-state index is 4.65. The topological polar surface area (TPSA) is 38.9 Å². The molecule has 0 saturated carbocycles. The van der Waals surface area contributed by atoms with E-state index in [1.54, 1.807) is 0 Å². The minimum absolute atomic E-state index is 0.848. The summed E-state index contributed by atoms with van der Waals surface area (Å²) < 4.78 is 4.65. The lowest BCUT2D eigenvalue weighted by molar-refractivity contribution is 0.315. The number of benzene rings is 1. The van der Waals surface area contributed by atoms with E-state index in [1.165, 1.54) is 5.56 Å². The van der Waals surface area contributed by atoms with E-state index >= 15 is 0 Å². The minimum atomic E-state index is 0.848. The van der Waals surface area contributed by atoms with Gasteiger partial charge in [0.15, 0.2) is 0 Å². The fraction of sp³-hybridized carbons (Fsp3) is 0.333. The minimum Gasteiger partial charge on any atom is -0.243 e. The van der Waals surface area contributed by atoms with Gasteiger partial charge in [0.1, 0.15) is 11.0 Å². The molecule has 0 radical (unpaired) electrons. The smallest absolute Gasteiger partial charge is 0.138 e. The molecule has 0 amide bonds. The molecule has 0 aliphatic carbocycles. The maximum Gasteiger partial charge on any atom is 0.138 e. The fourth-order valence-corrected chi connectivity index (χ4v) is 1.33. The van der Waals surface area contributed by atoms with Crippen molar-refractivity contribution in [2.24, 2.45) is 0 Å². The van der Waals surface area contributed by atoms with Crippen molar-refractivity contribution in [3.05, 3.63) is 23.8 Å². The summed E-state index contributed by atoms with van der Waals surface area (Å²) in [6.07, 6.45) is 2.15. The van der Waals surface area contributed by atoms with Crippen LogP contribution in [-0.2, 0) is 6.42 Å². The number of aromatic nitrogens is 2. The maximum absolute atomic E-state index is 4.65. The standard InChI is InChI=1S/C9H10N2O/c1-2-4-7-5-3-6-8-9(7)11-12-10-8/h3,5-6H,2,4H2,1H3. The van der Waals surface area contributed by atoms with Crippen LogP contribution in [-0.4, -0.2) is 10.3 Å². The number of hydrogen-bond donors (Lipinski definition) is 0. The second kappa shape index (κ2) is 2.93. The number of hydrogen-bond acceptors (Lipinski definition) is 3. The average Bonchev–Trinajstić information content (AvgIpc) is 2.53. The lowest BCUT2D eigenvalue weighted by Crippen LogP contribution is -1.84. The molecule has 0 N–H and O–H groups in total. The van der Waals surface area contributed by atoms with Crippen molar-refractivity contribution >= 4 is 11.0 Å². The van der Waals surface area contributed by atoms with E-state index in [1.807, 2.05) is 12.1 Å². The zero-order chi connectivity index (χ0) is 8.39. The Kier molecular flexibility index (Phi) is 1.78. The van der Waals surface area contributed by atoms with Crippen molar-refractivity contribution in [3.63, 3.8) is 0 Å². The van der Waals surface area contributed by atoms with Crippen molar-refractivity contribution in [2.75, 3.05) is 0 Å². The van der Waals surface area contributed by atoms with Gasteiger partial charge in [0, 0.05) is 0 Å². The summed E-state index contributed by atoms with van der Waals surface area (Å²) in [7, 11) is 0. The highest BCUT2D eigenvalue weighted by Crippen LogP contribution is 2.15. The van der Waals surface area contributed by atoms with Crippen LogP contribution < -0.4 is 0 Å². The Morgan fingerprint density at radius 3 is 3.08 bits per heavy atom. The van der Waals surface area contributed by atoms with E-state index in [-0.39, 0.29) is 0 Å². The quantitative estimate of drug-likeness (QED) is 0.679. The largest absolute Gasteiger partial charge is 0.243 e. The third-order valence-corrected chi connectivity index (χ3v) is 1.89. The van der Waals surface area contributed by atoms with E-state index in [9.17, 15) is 0 Å². The average molecular weight is 162 g/mol. The summed E-state index contributed by atoms with van der Waals surface area (Å²) in [5.74, 6) is 0. The SMILES string of the molecule is CCCc1cccc2nonc12. The lowest BCUT2D eigenvalue weighted by atomic mass is 10.1. The Balaban J connectivity index is 2.57. The summed E-state index contributed by atoms with van der Waals surface area (Å²) in [6.45, 7) is 2.15. The van der Waals surface area contributed by atoms with Crippen LogP contribution in [0.4, 0.5) is 0 Å². The third-order valence-electron chi connectivity index (χ3n) is 1.89. The molecule has 1 aromatic heterocycles. The van der Waals surface area contributed by atoms with Crippen LogP contribution in [0.5, 0.6) is 0 Å². The lowest BCUT2D eigenvalue weighted by Gasteiger charge is -1.95. The molecule has 0 unspecified atom stereocenters. The molecule has 12 heavy (non-hydrogen) atoms. The molecule has 62 valence electrons. The van der Waals surface area contributed by atoms with Crippen LogP contribution in [0.3, 0.4) is 0 Å². The van der Waals surface area contributed by atoms with Gasteiger partial charge in [-0.05, 0) is 28.4 Å². The van der Waals surface area contributed by atoms with E-state index in [0.29, 0.717) is 0 Å². The van der Waals surface area contributed by atoms with Gasteiger partial charge >= 0.3 is 0 Å². The van der Waals surface area contributed by atoms with Gasteiger partial charge in [-0.25, -0.2) is 4.63 Å². The van der Waals surface area contributed by atoms with Crippen molar-refractivity contribution in [1.29, 1.82) is 0 Å². The Bertz CT molecular complexity index is 381. The summed E-state index contributed by atoms with van der Waals surface area (Å²) in [4.78, 5) is 0. The van der Waals surface area contributed by atoms with Gasteiger partial charge in [-0.3, -0.25) is 0 Å². The van der Waals surface area contributed by atoms with E-state index < -0.39 is 0 Å². The summed E-state index contributed by atoms with van der Waals surface area (Å²) >= 11 is 0. The van der Waals surface area contributed by atoms with Crippen LogP contribution in [0.25, 0.3) is 11.0 Å². The molecule has 0 atom stereocenters. The molecular weight excluding hydrogens is 152 g/mol. The molecular formula is C9H10N2O. The first-order valence-electron chi connectivity index (χ1n) is 4.12. The second-order valence-corrected chi connectivity index (χ2v) is 2.80. The first-order valence-corrected chi connectivity index (χ1v) is 4.12. The van der Waals surface area contributed by atoms with Gasteiger partial charge in [0.25, 0.3) is 0 Å². The Hall–Kier alpha value is -1.38. The molecule has 1 heterocycles. The van der Waals surface area contributed by atoms with Gasteiger partial charge in [-0.15, -0.1) is 0 Å². The van der Waals surface area contributed by atoms with Gasteiger partial charge in [-0.1, -0.05) is 25.5 Å². The van der Waals surface area contributed by atoms with Gasteiger partial charge < -0.3 is 0 Å². The molecule has 0 spiro atoms. The highest BCUT2D eigenvalue weighted by molar-refractivity contribution is 5.76. The molecule has 2 rings (SSSR count). The van der Waals surface area contributed by atoms with Crippen molar-refractivity contribution in [2.45, 2.75) is 19.8 Å². The Morgan fingerprint density at radius 1 is 1.33 bits per heavy atom. The molecule has 0 aliphatic heterocycles. The first kappa shape index (κ1) is 7.28. The molecule has 0 bridgehead atoms. The Labute approximate surface area is 70.3 Å². The number of rotatable bonds is 2. The van der Waals surface area contributed by atoms with Gasteiger partial charge in [0.2, 0.25) is 0 Å². The molecule has 3 nitrogen and oxygen atoms in total. The number of aryl methyl sites for hydroxylation is 1.